The number of aromatic nitrogens is 1. The van der Waals surface area contributed by atoms with Crippen LogP contribution < -0.4 is 26.4 Å². The summed E-state index contributed by atoms with van der Waals surface area (Å²) in [5, 5.41) is 9.08. The zero-order chi connectivity index (χ0) is 37.6. The van der Waals surface area contributed by atoms with Gasteiger partial charge in [-0.25, -0.2) is 4.79 Å². The van der Waals surface area contributed by atoms with Crippen LogP contribution in [-0.2, 0) is 54.7 Å². The molecule has 3 amide bonds. The number of carbonyl (C=O) groups is 4. The summed E-state index contributed by atoms with van der Waals surface area (Å²) in [5.74, 6) is -1.87. The summed E-state index contributed by atoms with van der Waals surface area (Å²) in [6.45, 7) is 1.85. The van der Waals surface area contributed by atoms with E-state index in [1.54, 1.807) is 24.3 Å². The minimum atomic E-state index is -1.21. The fraction of sp³-hybridized carbons (Fsp3) is 0.268. The van der Waals surface area contributed by atoms with Gasteiger partial charge in [0.1, 0.15) is 30.5 Å². The number of hydrogen-bond donors (Lipinski definition) is 5. The normalized spacial score (nSPS) is 13.3. The van der Waals surface area contributed by atoms with Crippen molar-refractivity contribution in [2.45, 2.75) is 57.1 Å². The van der Waals surface area contributed by atoms with E-state index in [4.69, 9.17) is 19.9 Å². The van der Waals surface area contributed by atoms with Crippen molar-refractivity contribution in [1.82, 2.24) is 20.9 Å². The van der Waals surface area contributed by atoms with Gasteiger partial charge in [-0.1, -0.05) is 91.0 Å². The van der Waals surface area contributed by atoms with Crippen LogP contribution in [0.5, 0.6) is 5.75 Å². The number of hydrogen-bond acceptors (Lipinski definition) is 8. The quantitative estimate of drug-likeness (QED) is 0.0853. The predicted octanol–water partition coefficient (Wildman–Crippen LogP) is 3.72. The van der Waals surface area contributed by atoms with Gasteiger partial charge in [-0.05, 0) is 53.8 Å². The molecule has 6 N–H and O–H groups in total. The predicted molar refractivity (Wildman–Crippen MR) is 200 cm³/mol. The fourth-order valence-corrected chi connectivity index (χ4v) is 5.69. The average molecular weight is 720 g/mol. The first-order valence-electron chi connectivity index (χ1n) is 17.4. The van der Waals surface area contributed by atoms with Crippen LogP contribution >= 0.6 is 0 Å². The first kappa shape index (κ1) is 38.3. The van der Waals surface area contributed by atoms with Crippen LogP contribution in [-0.4, -0.2) is 66.6 Å². The Morgan fingerprint density at radius 2 is 1.28 bits per heavy atom. The highest BCUT2D eigenvalue weighted by Crippen LogP contribution is 2.19. The molecule has 0 unspecified atom stereocenters. The molecular weight excluding hydrogens is 674 g/mol. The van der Waals surface area contributed by atoms with E-state index in [0.717, 1.165) is 27.6 Å². The van der Waals surface area contributed by atoms with E-state index in [-0.39, 0.29) is 26.1 Å². The number of rotatable bonds is 18. The van der Waals surface area contributed by atoms with Gasteiger partial charge in [-0.3, -0.25) is 14.4 Å². The van der Waals surface area contributed by atoms with Crippen molar-refractivity contribution in [3.05, 3.63) is 138 Å². The number of nitrogens with two attached hydrogens (primary N) is 1. The molecule has 4 aromatic carbocycles. The number of fused-ring (bicyclic) bond motifs is 1. The summed E-state index contributed by atoms with van der Waals surface area (Å²) in [4.78, 5) is 56.3. The van der Waals surface area contributed by atoms with Gasteiger partial charge in [-0.2, -0.15) is 0 Å². The van der Waals surface area contributed by atoms with Crippen LogP contribution in [0.1, 0.15) is 29.2 Å². The van der Waals surface area contributed by atoms with Gasteiger partial charge in [0.2, 0.25) is 17.7 Å². The molecule has 0 aliphatic carbocycles. The highest BCUT2D eigenvalue weighted by atomic mass is 16.5. The van der Waals surface area contributed by atoms with Gasteiger partial charge in [0.15, 0.2) is 0 Å². The maximum absolute atomic E-state index is 13.9. The van der Waals surface area contributed by atoms with E-state index in [0.29, 0.717) is 17.9 Å². The molecule has 0 spiro atoms. The third-order valence-corrected chi connectivity index (χ3v) is 8.64. The van der Waals surface area contributed by atoms with E-state index in [1.807, 2.05) is 91.1 Å². The smallest absolute Gasteiger partial charge is 0.328 e. The van der Waals surface area contributed by atoms with Crippen LogP contribution in [0.25, 0.3) is 10.9 Å². The first-order valence-corrected chi connectivity index (χ1v) is 17.4. The molecule has 0 bridgehead atoms. The van der Waals surface area contributed by atoms with Crippen LogP contribution in [0.4, 0.5) is 0 Å². The van der Waals surface area contributed by atoms with Crippen molar-refractivity contribution in [3.8, 4) is 5.75 Å². The van der Waals surface area contributed by atoms with Crippen molar-refractivity contribution in [3.63, 3.8) is 0 Å². The van der Waals surface area contributed by atoms with Crippen molar-refractivity contribution in [2.24, 2.45) is 5.73 Å². The number of benzene rings is 4. The van der Waals surface area contributed by atoms with Gasteiger partial charge in [0, 0.05) is 23.5 Å². The van der Waals surface area contributed by atoms with E-state index >= 15 is 0 Å². The number of esters is 1. The molecule has 1 aromatic heterocycles. The largest absolute Gasteiger partial charge is 0.489 e. The Morgan fingerprint density at radius 3 is 1.96 bits per heavy atom. The molecule has 4 atom stereocenters. The third-order valence-electron chi connectivity index (χ3n) is 8.64. The number of carbonyl (C=O) groups excluding carboxylic acids is 4. The summed E-state index contributed by atoms with van der Waals surface area (Å²) >= 11 is 0. The Bertz CT molecular complexity index is 1950. The topological polar surface area (TPSA) is 174 Å². The van der Waals surface area contributed by atoms with Gasteiger partial charge in [0.25, 0.3) is 0 Å². The summed E-state index contributed by atoms with van der Waals surface area (Å²) < 4.78 is 16.6. The Labute approximate surface area is 308 Å². The van der Waals surface area contributed by atoms with Crippen molar-refractivity contribution in [1.29, 1.82) is 0 Å². The minimum absolute atomic E-state index is 0.0655. The van der Waals surface area contributed by atoms with Crippen LogP contribution in [0.3, 0.4) is 0 Å². The Hall–Kier alpha value is -5.98. The van der Waals surface area contributed by atoms with Crippen LogP contribution in [0.2, 0.25) is 0 Å². The zero-order valence-electron chi connectivity index (χ0n) is 29.7. The standard InChI is InChI=1S/C41H45N5O7/c1-27(41(50)51-2)44-39(48)36(21-28-17-19-32(20-18-28)53-25-30-13-7-4-8-14-30)45-40(49)37(26-52-24-29-11-5-3-6-12-29)46-38(47)34(42)22-31-23-43-35-16-10-9-15-33(31)35/h3-20,23,27,34,36-37,43H,21-22,24-26,42H2,1-2H3,(H,44,48)(H,45,49)(H,46,47)/t27-,34+,36-,37+/m1/s1. The van der Waals surface area contributed by atoms with E-state index in [2.05, 4.69) is 20.9 Å². The van der Waals surface area contributed by atoms with Gasteiger partial charge >= 0.3 is 5.97 Å². The molecule has 5 aromatic rings. The van der Waals surface area contributed by atoms with E-state index in [1.165, 1.54) is 14.0 Å². The van der Waals surface area contributed by atoms with Crippen LogP contribution in [0.15, 0.2) is 115 Å². The van der Waals surface area contributed by atoms with Crippen molar-refractivity contribution >= 4 is 34.6 Å². The Morgan fingerprint density at radius 1 is 0.679 bits per heavy atom. The molecular formula is C41H45N5O7. The number of H-pyrrole nitrogens is 1. The van der Waals surface area contributed by atoms with Crippen LogP contribution in [0, 0.1) is 0 Å². The number of ether oxygens (including phenoxy) is 3. The first-order chi connectivity index (χ1) is 25.7. The molecule has 5 rings (SSSR count). The minimum Gasteiger partial charge on any atom is -0.489 e. The third kappa shape index (κ3) is 11.3. The lowest BCUT2D eigenvalue weighted by atomic mass is 10.0. The molecule has 276 valence electrons. The second kappa shape index (κ2) is 19.0. The molecule has 0 aliphatic heterocycles. The molecule has 0 aliphatic rings. The Balaban J connectivity index is 1.30. The molecule has 0 radical (unpaired) electrons. The molecule has 0 saturated heterocycles. The number of para-hydroxylation sites is 1. The number of amides is 3. The maximum Gasteiger partial charge on any atom is 0.328 e. The van der Waals surface area contributed by atoms with Gasteiger partial charge in [0.05, 0.1) is 26.4 Å². The summed E-state index contributed by atoms with van der Waals surface area (Å²) in [7, 11) is 1.22. The lowest BCUT2D eigenvalue weighted by Gasteiger charge is -2.25. The summed E-state index contributed by atoms with van der Waals surface area (Å²) in [6.07, 6.45) is 2.10. The number of aromatic amines is 1. The highest BCUT2D eigenvalue weighted by Gasteiger charge is 2.30. The van der Waals surface area contributed by atoms with E-state index in [9.17, 15) is 19.2 Å². The highest BCUT2D eigenvalue weighted by molar-refractivity contribution is 5.94. The monoisotopic (exact) mass is 719 g/mol. The molecule has 12 heteroatoms. The average Bonchev–Trinajstić information content (AvgIpc) is 3.59. The SMILES string of the molecule is COC(=O)[C@@H](C)NC(=O)[C@@H](Cc1ccc(OCc2ccccc2)cc1)NC(=O)[C@H](COCc1ccccc1)NC(=O)[C@@H](N)Cc1c[nH]c2ccccc12. The number of nitrogens with one attached hydrogen (secondary N) is 4. The molecule has 12 nitrogen and oxygen atoms in total. The lowest BCUT2D eigenvalue weighted by molar-refractivity contribution is -0.144. The van der Waals surface area contributed by atoms with Crippen molar-refractivity contribution in [2.75, 3.05) is 13.7 Å². The second-order valence-corrected chi connectivity index (χ2v) is 12.7. The molecule has 1 heterocycles. The fourth-order valence-electron chi connectivity index (χ4n) is 5.69. The summed E-state index contributed by atoms with van der Waals surface area (Å²) in [5.41, 5.74) is 10.7. The molecule has 53 heavy (non-hydrogen) atoms. The second-order valence-electron chi connectivity index (χ2n) is 12.7. The maximum atomic E-state index is 13.9. The van der Waals surface area contributed by atoms with Gasteiger partial charge < -0.3 is 40.9 Å². The number of methoxy groups -OCH3 is 1. The van der Waals surface area contributed by atoms with Gasteiger partial charge in [-0.15, -0.1) is 0 Å². The lowest BCUT2D eigenvalue weighted by Crippen LogP contribution is -2.58. The van der Waals surface area contributed by atoms with E-state index < -0.39 is 47.9 Å². The summed E-state index contributed by atoms with van der Waals surface area (Å²) in [6, 6.07) is 29.7. The zero-order valence-corrected chi connectivity index (χ0v) is 29.7. The van der Waals surface area contributed by atoms with Crippen molar-refractivity contribution < 1.29 is 33.4 Å². The molecule has 0 saturated carbocycles. The molecule has 0 fully saturated rings. The Kier molecular flexibility index (Phi) is 13.7.